The monoisotopic (exact) mass is 299 g/mol. The van der Waals surface area contributed by atoms with Gasteiger partial charge in [-0.1, -0.05) is 18.2 Å². The molecule has 4 N–H and O–H groups in total. The van der Waals surface area contributed by atoms with Crippen LogP contribution in [0.15, 0.2) is 29.3 Å². The fourth-order valence-corrected chi connectivity index (χ4v) is 1.85. The molecule has 0 heterocycles. The Bertz CT molecular complexity index is 600. The number of allylic oxidation sites excluding steroid dienone is 2. The third-order valence-electron chi connectivity index (χ3n) is 2.79. The highest BCUT2D eigenvalue weighted by molar-refractivity contribution is 6.03. The van der Waals surface area contributed by atoms with E-state index in [9.17, 15) is 18.0 Å². The van der Waals surface area contributed by atoms with Gasteiger partial charge in [-0.3, -0.25) is 4.79 Å². The minimum atomic E-state index is -4.56. The molecule has 0 saturated carbocycles. The molecule has 0 fully saturated rings. The Hall–Kier alpha value is -2.31. The van der Waals surface area contributed by atoms with E-state index in [-0.39, 0.29) is 17.5 Å². The van der Waals surface area contributed by atoms with E-state index >= 15 is 0 Å². The fourth-order valence-electron chi connectivity index (χ4n) is 1.85. The number of carbonyl (C=O) groups excluding carboxylic acids is 1. The van der Waals surface area contributed by atoms with Gasteiger partial charge in [0.25, 0.3) is 5.91 Å². The van der Waals surface area contributed by atoms with E-state index in [4.69, 9.17) is 11.5 Å². The Morgan fingerprint density at radius 3 is 2.43 bits per heavy atom. The normalized spacial score (nSPS) is 11.7. The van der Waals surface area contributed by atoms with E-state index in [0.717, 1.165) is 6.07 Å². The molecule has 4 nitrogen and oxygen atoms in total. The molecular weight excluding hydrogens is 283 g/mol. The van der Waals surface area contributed by atoms with Crippen molar-refractivity contribution in [2.24, 2.45) is 16.5 Å². The molecule has 0 aliphatic rings. The predicted molar refractivity (Wildman–Crippen MR) is 74.8 cm³/mol. The second kappa shape index (κ2) is 6.43. The Morgan fingerprint density at radius 2 is 1.95 bits per heavy atom. The molecule has 0 radical (unpaired) electrons. The van der Waals surface area contributed by atoms with Crippen LogP contribution in [0.1, 0.15) is 34.0 Å². The highest BCUT2D eigenvalue weighted by atomic mass is 19.4. The minimum Gasteiger partial charge on any atom is -0.370 e. The van der Waals surface area contributed by atoms with E-state index in [0.29, 0.717) is 5.56 Å². The van der Waals surface area contributed by atoms with Gasteiger partial charge in [-0.25, -0.2) is 0 Å². The zero-order valence-corrected chi connectivity index (χ0v) is 11.7. The smallest absolute Gasteiger partial charge is 0.370 e. The highest BCUT2D eigenvalue weighted by Gasteiger charge is 2.34. The standard InChI is InChI=1S/C14H16F3N3O/c1-3-4-5-9-6-8(2)10(12(21)20-13(18)19)7-11(9)14(15,16)17/h3-4,6-7H,5H2,1-2H3,(H4,18,19,20,21)/b4-3+. The fraction of sp³-hybridized carbons (Fsp3) is 0.286. The molecule has 0 bridgehead atoms. The molecule has 1 amide bonds. The summed E-state index contributed by atoms with van der Waals surface area (Å²) in [4.78, 5) is 15.0. The second-order valence-corrected chi connectivity index (χ2v) is 4.44. The topological polar surface area (TPSA) is 81.5 Å². The lowest BCUT2D eigenvalue weighted by molar-refractivity contribution is -0.138. The van der Waals surface area contributed by atoms with Crippen molar-refractivity contribution in [2.45, 2.75) is 26.4 Å². The molecular formula is C14H16F3N3O. The molecule has 0 spiro atoms. The van der Waals surface area contributed by atoms with Crippen molar-refractivity contribution >= 4 is 11.9 Å². The van der Waals surface area contributed by atoms with Crippen molar-refractivity contribution in [3.63, 3.8) is 0 Å². The number of nitrogens with two attached hydrogens (primary N) is 2. The van der Waals surface area contributed by atoms with Gasteiger partial charge < -0.3 is 11.5 Å². The number of alkyl halides is 3. The van der Waals surface area contributed by atoms with E-state index in [1.807, 2.05) is 0 Å². The number of rotatable bonds is 3. The first-order valence-electron chi connectivity index (χ1n) is 6.12. The Balaban J connectivity index is 3.44. The van der Waals surface area contributed by atoms with Crippen LogP contribution in [-0.4, -0.2) is 11.9 Å². The number of guanidine groups is 1. The number of benzene rings is 1. The summed E-state index contributed by atoms with van der Waals surface area (Å²) in [5.41, 5.74) is 9.61. The van der Waals surface area contributed by atoms with Crippen LogP contribution in [0.5, 0.6) is 0 Å². The molecule has 1 aromatic rings. The molecule has 1 rings (SSSR count). The Morgan fingerprint density at radius 1 is 1.33 bits per heavy atom. The van der Waals surface area contributed by atoms with Gasteiger partial charge in [-0.05, 0) is 37.5 Å². The molecule has 0 atom stereocenters. The second-order valence-electron chi connectivity index (χ2n) is 4.44. The zero-order valence-electron chi connectivity index (χ0n) is 11.7. The van der Waals surface area contributed by atoms with Crippen LogP contribution in [0.25, 0.3) is 0 Å². The third kappa shape index (κ3) is 4.34. The number of nitrogens with zero attached hydrogens (tertiary/aromatic N) is 1. The van der Waals surface area contributed by atoms with Crippen LogP contribution in [0.2, 0.25) is 0 Å². The number of halogens is 3. The van der Waals surface area contributed by atoms with Gasteiger partial charge >= 0.3 is 6.18 Å². The average Bonchev–Trinajstić information content (AvgIpc) is 2.33. The van der Waals surface area contributed by atoms with Crippen LogP contribution >= 0.6 is 0 Å². The number of hydrogen-bond donors (Lipinski definition) is 2. The first kappa shape index (κ1) is 16.7. The minimum absolute atomic E-state index is 0.0966. The number of hydrogen-bond acceptors (Lipinski definition) is 1. The molecule has 1 aromatic carbocycles. The van der Waals surface area contributed by atoms with Crippen molar-refractivity contribution in [2.75, 3.05) is 0 Å². The molecule has 0 aliphatic carbocycles. The van der Waals surface area contributed by atoms with Crippen molar-refractivity contribution < 1.29 is 18.0 Å². The summed E-state index contributed by atoms with van der Waals surface area (Å²) in [6, 6.07) is 2.13. The molecule has 21 heavy (non-hydrogen) atoms. The first-order chi connectivity index (χ1) is 9.66. The number of aliphatic imine (C=N–C) groups is 1. The first-order valence-corrected chi connectivity index (χ1v) is 6.12. The van der Waals surface area contributed by atoms with E-state index in [1.165, 1.54) is 13.0 Å². The lowest BCUT2D eigenvalue weighted by Gasteiger charge is -2.15. The molecule has 0 unspecified atom stereocenters. The summed E-state index contributed by atoms with van der Waals surface area (Å²) in [5, 5.41) is 0. The summed E-state index contributed by atoms with van der Waals surface area (Å²) in [5.74, 6) is -1.39. The van der Waals surface area contributed by atoms with Crippen LogP contribution in [0, 0.1) is 6.92 Å². The average molecular weight is 299 g/mol. The van der Waals surface area contributed by atoms with Crippen LogP contribution in [0.4, 0.5) is 13.2 Å². The predicted octanol–water partition coefficient (Wildman–Crippen LogP) is 2.55. The van der Waals surface area contributed by atoms with Gasteiger partial charge in [0.15, 0.2) is 5.96 Å². The molecule has 0 saturated heterocycles. The van der Waals surface area contributed by atoms with Crippen LogP contribution in [0.3, 0.4) is 0 Å². The third-order valence-corrected chi connectivity index (χ3v) is 2.79. The van der Waals surface area contributed by atoms with Crippen molar-refractivity contribution in [1.82, 2.24) is 0 Å². The summed E-state index contributed by atoms with van der Waals surface area (Å²) in [6.07, 6.45) is -1.16. The quantitative estimate of drug-likeness (QED) is 0.511. The van der Waals surface area contributed by atoms with Crippen molar-refractivity contribution in [3.8, 4) is 0 Å². The maximum atomic E-state index is 13.1. The summed E-state index contributed by atoms with van der Waals surface area (Å²) in [7, 11) is 0. The zero-order chi connectivity index (χ0) is 16.2. The SMILES string of the molecule is C/C=C/Cc1cc(C)c(C(=O)N=C(N)N)cc1C(F)(F)F. The molecule has 0 aromatic heterocycles. The maximum Gasteiger partial charge on any atom is 0.416 e. The van der Waals surface area contributed by atoms with Gasteiger partial charge in [0.1, 0.15) is 0 Å². The van der Waals surface area contributed by atoms with E-state index in [2.05, 4.69) is 4.99 Å². The lowest BCUT2D eigenvalue weighted by Crippen LogP contribution is -2.24. The van der Waals surface area contributed by atoms with Gasteiger partial charge in [0.05, 0.1) is 5.56 Å². The largest absolute Gasteiger partial charge is 0.416 e. The van der Waals surface area contributed by atoms with Crippen molar-refractivity contribution in [1.29, 1.82) is 0 Å². The summed E-state index contributed by atoms with van der Waals surface area (Å²) in [6.45, 7) is 3.26. The Kier molecular flexibility index (Phi) is 5.12. The number of carbonyl (C=O) groups is 1. The number of amides is 1. The van der Waals surface area contributed by atoms with E-state index in [1.54, 1.807) is 19.1 Å². The Labute approximate surface area is 120 Å². The summed E-state index contributed by atoms with van der Waals surface area (Å²) < 4.78 is 39.3. The van der Waals surface area contributed by atoms with Crippen LogP contribution < -0.4 is 11.5 Å². The van der Waals surface area contributed by atoms with Gasteiger partial charge in [-0.2, -0.15) is 18.2 Å². The molecule has 114 valence electrons. The highest BCUT2D eigenvalue weighted by Crippen LogP contribution is 2.34. The van der Waals surface area contributed by atoms with Gasteiger partial charge in [0.2, 0.25) is 0 Å². The van der Waals surface area contributed by atoms with Gasteiger partial charge in [0, 0.05) is 5.56 Å². The van der Waals surface area contributed by atoms with E-state index < -0.39 is 23.6 Å². The van der Waals surface area contributed by atoms with Crippen molar-refractivity contribution in [3.05, 3.63) is 46.5 Å². The lowest BCUT2D eigenvalue weighted by atomic mass is 9.96. The maximum absolute atomic E-state index is 13.1. The van der Waals surface area contributed by atoms with Gasteiger partial charge in [-0.15, -0.1) is 0 Å². The van der Waals surface area contributed by atoms with Crippen LogP contribution in [-0.2, 0) is 12.6 Å². The molecule has 7 heteroatoms. The molecule has 0 aliphatic heterocycles. The summed E-state index contributed by atoms with van der Waals surface area (Å²) >= 11 is 0. The number of aryl methyl sites for hydroxylation is 1.